The standard InChI is InChI=1S/C21H19N3O4S/c1-27-18-10-8-15(12-19(18)28-2)9-11-20(26)24-14-22-23-21(24)29-13-17(25)16-6-4-3-5-7-16/h3-12,14H,13H2,1-2H3. The summed E-state index contributed by atoms with van der Waals surface area (Å²) < 4.78 is 11.8. The van der Waals surface area contributed by atoms with Gasteiger partial charge in [-0.2, -0.15) is 0 Å². The number of thioether (sulfide) groups is 1. The lowest BCUT2D eigenvalue weighted by molar-refractivity contribution is 0.0957. The van der Waals surface area contributed by atoms with Gasteiger partial charge in [0.2, 0.25) is 0 Å². The number of hydrogen-bond donors (Lipinski definition) is 0. The molecule has 7 nitrogen and oxygen atoms in total. The molecule has 0 bridgehead atoms. The lowest BCUT2D eigenvalue weighted by atomic mass is 10.2. The Balaban J connectivity index is 1.67. The fourth-order valence-corrected chi connectivity index (χ4v) is 3.32. The Morgan fingerprint density at radius 2 is 1.83 bits per heavy atom. The van der Waals surface area contributed by atoms with Crippen LogP contribution in [0.3, 0.4) is 0 Å². The highest BCUT2D eigenvalue weighted by atomic mass is 32.2. The maximum absolute atomic E-state index is 12.5. The third-order valence-corrected chi connectivity index (χ3v) is 4.95. The van der Waals surface area contributed by atoms with Crippen molar-refractivity contribution in [1.82, 2.24) is 14.8 Å². The van der Waals surface area contributed by atoms with Gasteiger partial charge in [0, 0.05) is 11.6 Å². The Morgan fingerprint density at radius 3 is 2.55 bits per heavy atom. The van der Waals surface area contributed by atoms with E-state index in [2.05, 4.69) is 10.2 Å². The molecule has 1 aromatic heterocycles. The fraction of sp³-hybridized carbons (Fsp3) is 0.143. The summed E-state index contributed by atoms with van der Waals surface area (Å²) in [6, 6.07) is 14.3. The highest BCUT2D eigenvalue weighted by molar-refractivity contribution is 7.99. The van der Waals surface area contributed by atoms with Crippen molar-refractivity contribution in [2.45, 2.75) is 5.16 Å². The molecule has 0 amide bonds. The highest BCUT2D eigenvalue weighted by Gasteiger charge is 2.13. The first kappa shape index (κ1) is 20.3. The minimum Gasteiger partial charge on any atom is -0.493 e. The number of Topliss-reactive ketones (excluding diaryl/α,β-unsaturated/α-hetero) is 1. The first-order valence-corrected chi connectivity index (χ1v) is 9.66. The van der Waals surface area contributed by atoms with Crippen LogP contribution in [-0.2, 0) is 0 Å². The molecule has 1 heterocycles. The largest absolute Gasteiger partial charge is 0.493 e. The summed E-state index contributed by atoms with van der Waals surface area (Å²) in [5.41, 5.74) is 1.39. The van der Waals surface area contributed by atoms with Crippen molar-refractivity contribution in [2.24, 2.45) is 0 Å². The Bertz CT molecular complexity index is 1030. The average molecular weight is 409 g/mol. The summed E-state index contributed by atoms with van der Waals surface area (Å²) in [5.74, 6) is 0.978. The lowest BCUT2D eigenvalue weighted by Crippen LogP contribution is -2.09. The zero-order valence-electron chi connectivity index (χ0n) is 15.9. The van der Waals surface area contributed by atoms with Crippen molar-refractivity contribution in [3.8, 4) is 11.5 Å². The van der Waals surface area contributed by atoms with E-state index in [0.717, 1.165) is 5.56 Å². The number of ketones is 1. The third-order valence-electron chi connectivity index (χ3n) is 4.01. The number of ether oxygens (including phenoxy) is 2. The molecule has 8 heteroatoms. The number of hydrogen-bond acceptors (Lipinski definition) is 7. The van der Waals surface area contributed by atoms with E-state index in [-0.39, 0.29) is 17.4 Å². The van der Waals surface area contributed by atoms with E-state index in [1.165, 1.54) is 28.7 Å². The summed E-state index contributed by atoms with van der Waals surface area (Å²) in [7, 11) is 3.11. The molecule has 0 spiro atoms. The summed E-state index contributed by atoms with van der Waals surface area (Å²) in [5, 5.41) is 8.09. The van der Waals surface area contributed by atoms with Crippen LogP contribution in [0.2, 0.25) is 0 Å². The van der Waals surface area contributed by atoms with Gasteiger partial charge < -0.3 is 9.47 Å². The number of nitrogens with zero attached hydrogens (tertiary/aromatic N) is 3. The molecule has 0 aliphatic heterocycles. The molecule has 0 unspecified atom stereocenters. The van der Waals surface area contributed by atoms with Crippen LogP contribution in [0.25, 0.3) is 6.08 Å². The monoisotopic (exact) mass is 409 g/mol. The number of benzene rings is 2. The molecular formula is C21H19N3O4S. The number of aromatic nitrogens is 3. The van der Waals surface area contributed by atoms with Gasteiger partial charge in [0.05, 0.1) is 20.0 Å². The normalized spacial score (nSPS) is 10.8. The SMILES string of the molecule is COc1ccc(C=CC(=O)n2cnnc2SCC(=O)c2ccccc2)cc1OC. The molecule has 148 valence electrons. The first-order valence-electron chi connectivity index (χ1n) is 8.68. The van der Waals surface area contributed by atoms with Crippen molar-refractivity contribution in [2.75, 3.05) is 20.0 Å². The number of allylic oxidation sites excluding steroid dienone is 1. The minimum atomic E-state index is -0.320. The molecule has 29 heavy (non-hydrogen) atoms. The van der Waals surface area contributed by atoms with Gasteiger partial charge in [0.15, 0.2) is 22.4 Å². The van der Waals surface area contributed by atoms with E-state index in [0.29, 0.717) is 22.2 Å². The minimum absolute atomic E-state index is 0.0431. The maximum Gasteiger partial charge on any atom is 0.258 e. The molecule has 0 aliphatic carbocycles. The molecule has 0 fully saturated rings. The van der Waals surface area contributed by atoms with E-state index >= 15 is 0 Å². The number of carbonyl (C=O) groups is 2. The quantitative estimate of drug-likeness (QED) is 0.319. The molecule has 3 rings (SSSR count). The van der Waals surface area contributed by atoms with Crippen molar-refractivity contribution in [1.29, 1.82) is 0 Å². The van der Waals surface area contributed by atoms with Gasteiger partial charge in [0.1, 0.15) is 6.33 Å². The van der Waals surface area contributed by atoms with Gasteiger partial charge in [-0.15, -0.1) is 10.2 Å². The van der Waals surface area contributed by atoms with Crippen LogP contribution in [0.5, 0.6) is 11.5 Å². The van der Waals surface area contributed by atoms with Gasteiger partial charge in [-0.3, -0.25) is 9.59 Å². The van der Waals surface area contributed by atoms with Gasteiger partial charge in [-0.1, -0.05) is 48.2 Å². The van der Waals surface area contributed by atoms with Crippen LogP contribution in [0.1, 0.15) is 20.7 Å². The molecule has 0 atom stereocenters. The van der Waals surface area contributed by atoms with Crippen molar-refractivity contribution in [3.63, 3.8) is 0 Å². The van der Waals surface area contributed by atoms with E-state index < -0.39 is 0 Å². The predicted molar refractivity (Wildman–Crippen MR) is 111 cm³/mol. The molecule has 3 aromatic rings. The van der Waals surface area contributed by atoms with E-state index in [1.807, 2.05) is 24.3 Å². The van der Waals surface area contributed by atoms with Crippen LogP contribution in [-0.4, -0.2) is 46.4 Å². The molecular weight excluding hydrogens is 390 g/mol. The number of methoxy groups -OCH3 is 2. The Hall–Kier alpha value is -3.39. The van der Waals surface area contributed by atoms with Crippen molar-refractivity contribution >= 4 is 29.5 Å². The van der Waals surface area contributed by atoms with E-state index in [9.17, 15) is 9.59 Å². The summed E-state index contributed by atoms with van der Waals surface area (Å²) in [6.07, 6.45) is 4.40. The molecule has 0 radical (unpaired) electrons. The third kappa shape index (κ3) is 5.11. The lowest BCUT2D eigenvalue weighted by Gasteiger charge is -2.07. The fourth-order valence-electron chi connectivity index (χ4n) is 2.52. The van der Waals surface area contributed by atoms with Crippen LogP contribution < -0.4 is 9.47 Å². The maximum atomic E-state index is 12.5. The van der Waals surface area contributed by atoms with Crippen molar-refractivity contribution in [3.05, 3.63) is 72.1 Å². The second kappa shape index (κ2) is 9.70. The molecule has 0 aliphatic rings. The van der Waals surface area contributed by atoms with Crippen LogP contribution >= 0.6 is 11.8 Å². The van der Waals surface area contributed by atoms with E-state index in [1.54, 1.807) is 44.6 Å². The second-order valence-corrected chi connectivity index (χ2v) is 6.79. The van der Waals surface area contributed by atoms with Gasteiger partial charge >= 0.3 is 0 Å². The average Bonchev–Trinajstić information content (AvgIpc) is 3.24. The number of carbonyl (C=O) groups excluding carboxylic acids is 2. The number of rotatable bonds is 8. The summed E-state index contributed by atoms with van der Waals surface area (Å²) in [4.78, 5) is 24.8. The molecule has 0 saturated heterocycles. The molecule has 0 saturated carbocycles. The summed E-state index contributed by atoms with van der Waals surface area (Å²) in [6.45, 7) is 0. The zero-order chi connectivity index (χ0) is 20.6. The Kier molecular flexibility index (Phi) is 6.80. The van der Waals surface area contributed by atoms with E-state index in [4.69, 9.17) is 9.47 Å². The van der Waals surface area contributed by atoms with Crippen LogP contribution in [0.15, 0.2) is 66.1 Å². The first-order chi connectivity index (χ1) is 14.1. The van der Waals surface area contributed by atoms with Gasteiger partial charge in [0.25, 0.3) is 5.91 Å². The topological polar surface area (TPSA) is 83.3 Å². The second-order valence-electron chi connectivity index (χ2n) is 5.85. The van der Waals surface area contributed by atoms with Crippen molar-refractivity contribution < 1.29 is 19.1 Å². The predicted octanol–water partition coefficient (Wildman–Crippen LogP) is 3.62. The smallest absolute Gasteiger partial charge is 0.258 e. The van der Waals surface area contributed by atoms with Gasteiger partial charge in [-0.25, -0.2) is 4.57 Å². The van der Waals surface area contributed by atoms with Crippen LogP contribution in [0, 0.1) is 0 Å². The molecule has 0 N–H and O–H groups in total. The Morgan fingerprint density at radius 1 is 1.07 bits per heavy atom. The summed E-state index contributed by atoms with van der Waals surface area (Å²) >= 11 is 1.17. The molecule has 2 aromatic carbocycles. The highest BCUT2D eigenvalue weighted by Crippen LogP contribution is 2.28. The zero-order valence-corrected chi connectivity index (χ0v) is 16.8. The Labute approximate surface area is 172 Å². The van der Waals surface area contributed by atoms with Crippen LogP contribution in [0.4, 0.5) is 0 Å². The van der Waals surface area contributed by atoms with Gasteiger partial charge in [-0.05, 0) is 23.8 Å².